The van der Waals surface area contributed by atoms with Gasteiger partial charge in [0.05, 0.1) is 5.25 Å². The molecule has 0 bridgehead atoms. The van der Waals surface area contributed by atoms with Crippen LogP contribution in [0.25, 0.3) is 0 Å². The van der Waals surface area contributed by atoms with Crippen molar-refractivity contribution in [1.82, 2.24) is 9.97 Å². The number of hydrogen-bond acceptors (Lipinski definition) is 6. The van der Waals surface area contributed by atoms with Crippen LogP contribution in [0.2, 0.25) is 0 Å². The first kappa shape index (κ1) is 16.7. The van der Waals surface area contributed by atoms with Crippen LogP contribution in [-0.2, 0) is 9.84 Å². The lowest BCUT2D eigenvalue weighted by Crippen LogP contribution is -2.35. The molecule has 1 atom stereocenters. The molecular weight excluding hydrogens is 324 g/mol. The predicted molar refractivity (Wildman–Crippen MR) is 96.5 cm³/mol. The zero-order chi connectivity index (χ0) is 17.0. The fourth-order valence-electron chi connectivity index (χ4n) is 2.92. The van der Waals surface area contributed by atoms with Gasteiger partial charge in [-0.15, -0.1) is 0 Å². The fourth-order valence-corrected chi connectivity index (χ4v) is 3.96. The van der Waals surface area contributed by atoms with Crippen molar-refractivity contribution in [1.29, 1.82) is 0 Å². The topological polar surface area (TPSA) is 75.2 Å². The Kier molecular flexibility index (Phi) is 4.99. The van der Waals surface area contributed by atoms with E-state index in [0.717, 1.165) is 37.3 Å². The lowest BCUT2D eigenvalue weighted by atomic mass is 10.2. The number of anilines is 3. The maximum Gasteiger partial charge on any atom is 0.152 e. The summed E-state index contributed by atoms with van der Waals surface area (Å²) in [6, 6.07) is 11.7. The summed E-state index contributed by atoms with van der Waals surface area (Å²) in [5.74, 6) is 1.46. The lowest BCUT2D eigenvalue weighted by molar-refractivity contribution is 0.577. The van der Waals surface area contributed by atoms with Crippen LogP contribution in [-0.4, -0.2) is 43.0 Å². The summed E-state index contributed by atoms with van der Waals surface area (Å²) in [5.41, 5.74) is 0.951. The molecule has 0 aliphatic carbocycles. The molecule has 1 aliphatic heterocycles. The quantitative estimate of drug-likeness (QED) is 0.917. The van der Waals surface area contributed by atoms with Gasteiger partial charge in [0.25, 0.3) is 0 Å². The molecule has 1 aromatic carbocycles. The fraction of sp³-hybridized carbons (Fsp3) is 0.412. The molecule has 2 aromatic rings. The van der Waals surface area contributed by atoms with E-state index in [0.29, 0.717) is 12.4 Å². The Morgan fingerprint density at radius 3 is 2.71 bits per heavy atom. The van der Waals surface area contributed by atoms with Crippen LogP contribution in [0.15, 0.2) is 42.7 Å². The van der Waals surface area contributed by atoms with Gasteiger partial charge in [-0.2, -0.15) is 0 Å². The Balaban J connectivity index is 1.79. The molecule has 1 aliphatic rings. The van der Waals surface area contributed by atoms with Crippen molar-refractivity contribution in [2.45, 2.75) is 24.5 Å². The molecule has 7 heteroatoms. The number of sulfone groups is 1. The summed E-state index contributed by atoms with van der Waals surface area (Å²) < 4.78 is 23.9. The number of para-hydroxylation sites is 1. The lowest BCUT2D eigenvalue weighted by Gasteiger charge is -2.24. The molecule has 1 aromatic heterocycles. The zero-order valence-corrected chi connectivity index (χ0v) is 14.5. The number of hydrogen-bond donors (Lipinski definition) is 1. The van der Waals surface area contributed by atoms with Crippen LogP contribution in [0.4, 0.5) is 17.3 Å². The minimum absolute atomic E-state index is 0.333. The monoisotopic (exact) mass is 346 g/mol. The van der Waals surface area contributed by atoms with Crippen molar-refractivity contribution in [2.24, 2.45) is 0 Å². The Morgan fingerprint density at radius 2 is 1.96 bits per heavy atom. The average Bonchev–Trinajstić information content (AvgIpc) is 2.82. The van der Waals surface area contributed by atoms with E-state index in [1.54, 1.807) is 0 Å². The van der Waals surface area contributed by atoms with Crippen LogP contribution in [0.1, 0.15) is 19.3 Å². The molecule has 3 rings (SSSR count). The second-order valence-corrected chi connectivity index (χ2v) is 8.47. The SMILES string of the molecule is CS(=O)(=O)C1CCCCN(c2cc(Nc3ccccc3)ncn2)C1. The first-order chi connectivity index (χ1) is 11.5. The van der Waals surface area contributed by atoms with Gasteiger partial charge in [0, 0.05) is 31.1 Å². The van der Waals surface area contributed by atoms with E-state index in [9.17, 15) is 8.42 Å². The van der Waals surface area contributed by atoms with E-state index in [2.05, 4.69) is 20.2 Å². The molecule has 2 heterocycles. The Hall–Kier alpha value is -2.15. The van der Waals surface area contributed by atoms with Gasteiger partial charge < -0.3 is 10.2 Å². The van der Waals surface area contributed by atoms with Gasteiger partial charge >= 0.3 is 0 Å². The second kappa shape index (κ2) is 7.17. The predicted octanol–water partition coefficient (Wildman–Crippen LogP) is 2.62. The van der Waals surface area contributed by atoms with Gasteiger partial charge in [-0.05, 0) is 25.0 Å². The van der Waals surface area contributed by atoms with E-state index < -0.39 is 9.84 Å². The van der Waals surface area contributed by atoms with Crippen LogP contribution in [0.3, 0.4) is 0 Å². The highest BCUT2D eigenvalue weighted by Crippen LogP contribution is 2.23. The second-order valence-electron chi connectivity index (χ2n) is 6.15. The summed E-state index contributed by atoms with van der Waals surface area (Å²) in [6.07, 6.45) is 5.45. The highest BCUT2D eigenvalue weighted by Gasteiger charge is 2.26. The Morgan fingerprint density at radius 1 is 1.17 bits per heavy atom. The van der Waals surface area contributed by atoms with Crippen LogP contribution < -0.4 is 10.2 Å². The van der Waals surface area contributed by atoms with E-state index in [1.807, 2.05) is 36.4 Å². The van der Waals surface area contributed by atoms with Crippen LogP contribution in [0.5, 0.6) is 0 Å². The van der Waals surface area contributed by atoms with E-state index in [4.69, 9.17) is 0 Å². The first-order valence-electron chi connectivity index (χ1n) is 8.10. The van der Waals surface area contributed by atoms with Gasteiger partial charge in [0.1, 0.15) is 18.0 Å². The molecule has 24 heavy (non-hydrogen) atoms. The number of benzene rings is 1. The average molecular weight is 346 g/mol. The summed E-state index contributed by atoms with van der Waals surface area (Å²) in [7, 11) is -3.05. The largest absolute Gasteiger partial charge is 0.355 e. The third-order valence-corrected chi connectivity index (χ3v) is 5.85. The number of aromatic nitrogens is 2. The molecule has 0 radical (unpaired) electrons. The highest BCUT2D eigenvalue weighted by atomic mass is 32.2. The molecule has 128 valence electrons. The van der Waals surface area contributed by atoms with Crippen molar-refractivity contribution in [3.05, 3.63) is 42.7 Å². The van der Waals surface area contributed by atoms with Crippen molar-refractivity contribution in [3.63, 3.8) is 0 Å². The summed E-state index contributed by atoms with van der Waals surface area (Å²) in [6.45, 7) is 1.30. The molecule has 1 saturated heterocycles. The molecule has 1 fully saturated rings. The van der Waals surface area contributed by atoms with E-state index in [1.165, 1.54) is 12.6 Å². The van der Waals surface area contributed by atoms with Crippen molar-refractivity contribution < 1.29 is 8.42 Å². The van der Waals surface area contributed by atoms with Gasteiger partial charge in [-0.1, -0.05) is 24.6 Å². The van der Waals surface area contributed by atoms with Gasteiger partial charge in [0.15, 0.2) is 9.84 Å². The number of nitrogens with one attached hydrogen (secondary N) is 1. The van der Waals surface area contributed by atoms with Crippen molar-refractivity contribution in [3.8, 4) is 0 Å². The normalized spacial score (nSPS) is 18.9. The smallest absolute Gasteiger partial charge is 0.152 e. The van der Waals surface area contributed by atoms with Crippen LogP contribution in [0, 0.1) is 0 Å². The van der Waals surface area contributed by atoms with E-state index >= 15 is 0 Å². The molecule has 1 unspecified atom stereocenters. The molecule has 6 nitrogen and oxygen atoms in total. The van der Waals surface area contributed by atoms with Gasteiger partial charge in [0.2, 0.25) is 0 Å². The molecule has 0 saturated carbocycles. The highest BCUT2D eigenvalue weighted by molar-refractivity contribution is 7.91. The number of nitrogens with zero attached hydrogens (tertiary/aromatic N) is 3. The Bertz CT molecular complexity index is 780. The zero-order valence-electron chi connectivity index (χ0n) is 13.7. The summed E-state index contributed by atoms with van der Waals surface area (Å²) in [5, 5.41) is 2.91. The van der Waals surface area contributed by atoms with Crippen molar-refractivity contribution in [2.75, 3.05) is 29.6 Å². The number of rotatable bonds is 4. The van der Waals surface area contributed by atoms with E-state index in [-0.39, 0.29) is 5.25 Å². The summed E-state index contributed by atoms with van der Waals surface area (Å²) >= 11 is 0. The minimum atomic E-state index is -3.05. The van der Waals surface area contributed by atoms with Crippen LogP contribution >= 0.6 is 0 Å². The molecular formula is C17H22N4O2S. The standard InChI is InChI=1S/C17H22N4O2S/c1-24(22,23)15-9-5-6-10-21(12-15)17-11-16(18-13-19-17)20-14-7-3-2-4-8-14/h2-4,7-8,11,13,15H,5-6,9-10,12H2,1H3,(H,18,19,20). The first-order valence-corrected chi connectivity index (χ1v) is 10.1. The van der Waals surface area contributed by atoms with Gasteiger partial charge in [-0.25, -0.2) is 18.4 Å². The third-order valence-electron chi connectivity index (χ3n) is 4.26. The molecule has 0 amide bonds. The summed E-state index contributed by atoms with van der Waals surface area (Å²) in [4.78, 5) is 10.6. The van der Waals surface area contributed by atoms with Gasteiger partial charge in [-0.3, -0.25) is 0 Å². The van der Waals surface area contributed by atoms with Crippen molar-refractivity contribution >= 4 is 27.2 Å². The maximum atomic E-state index is 12.0. The molecule has 1 N–H and O–H groups in total. The minimum Gasteiger partial charge on any atom is -0.355 e. The third kappa shape index (κ3) is 4.23. The molecule has 0 spiro atoms. The Labute approximate surface area is 142 Å². The maximum absolute atomic E-state index is 12.0.